The van der Waals surface area contributed by atoms with Crippen molar-refractivity contribution < 1.29 is 0 Å². The van der Waals surface area contributed by atoms with Crippen LogP contribution >= 0.6 is 0 Å². The molecule has 1 aliphatic heterocycles. The highest BCUT2D eigenvalue weighted by Gasteiger charge is 2.23. The summed E-state index contributed by atoms with van der Waals surface area (Å²) in [5.41, 5.74) is 7.74. The summed E-state index contributed by atoms with van der Waals surface area (Å²) in [4.78, 5) is 11.2. The van der Waals surface area contributed by atoms with Gasteiger partial charge in [-0.15, -0.1) is 0 Å². The van der Waals surface area contributed by atoms with E-state index in [1.807, 2.05) is 19.9 Å². The molecule has 1 atom stereocenters. The van der Waals surface area contributed by atoms with Crippen LogP contribution in [0.5, 0.6) is 0 Å². The molecule has 1 aromatic rings. The van der Waals surface area contributed by atoms with E-state index in [4.69, 9.17) is 5.73 Å². The maximum Gasteiger partial charge on any atom is 0.225 e. The Morgan fingerprint density at radius 1 is 1.40 bits per heavy atom. The Balaban J connectivity index is 2.16. The number of nitrogens with two attached hydrogens (primary N) is 1. The van der Waals surface area contributed by atoms with E-state index in [1.54, 1.807) is 0 Å². The molecule has 0 aliphatic carbocycles. The fraction of sp³-hybridized carbons (Fsp3) is 0.636. The molecule has 0 saturated carbocycles. The van der Waals surface area contributed by atoms with Crippen molar-refractivity contribution in [2.75, 3.05) is 24.5 Å². The summed E-state index contributed by atoms with van der Waals surface area (Å²) >= 11 is 0. The molecular formula is C11H18N4. The highest BCUT2D eigenvalue weighted by atomic mass is 15.3. The van der Waals surface area contributed by atoms with Gasteiger partial charge < -0.3 is 10.6 Å². The molecule has 4 heteroatoms. The SMILES string of the molecule is Cc1cc(C)nc(N2CC[C@H](CN)C2)n1. The van der Waals surface area contributed by atoms with Crippen LogP contribution in [0.25, 0.3) is 0 Å². The van der Waals surface area contributed by atoms with E-state index < -0.39 is 0 Å². The third-order valence-electron chi connectivity index (χ3n) is 2.87. The van der Waals surface area contributed by atoms with Crippen molar-refractivity contribution in [2.45, 2.75) is 20.3 Å². The summed E-state index contributed by atoms with van der Waals surface area (Å²) in [6.07, 6.45) is 1.16. The van der Waals surface area contributed by atoms with Crippen LogP contribution in [0.4, 0.5) is 5.95 Å². The van der Waals surface area contributed by atoms with Crippen LogP contribution < -0.4 is 10.6 Å². The fourth-order valence-electron chi connectivity index (χ4n) is 2.06. The Bertz CT molecular complexity index is 330. The van der Waals surface area contributed by atoms with Gasteiger partial charge in [-0.2, -0.15) is 0 Å². The largest absolute Gasteiger partial charge is 0.340 e. The summed E-state index contributed by atoms with van der Waals surface area (Å²) in [6, 6.07) is 2.00. The van der Waals surface area contributed by atoms with Crippen LogP contribution in [0.15, 0.2) is 6.07 Å². The maximum absolute atomic E-state index is 5.67. The lowest BCUT2D eigenvalue weighted by Gasteiger charge is -2.16. The third kappa shape index (κ3) is 2.26. The van der Waals surface area contributed by atoms with Crippen molar-refractivity contribution in [1.29, 1.82) is 0 Å². The Hall–Kier alpha value is -1.16. The minimum absolute atomic E-state index is 0.606. The highest BCUT2D eigenvalue weighted by Crippen LogP contribution is 2.20. The zero-order chi connectivity index (χ0) is 10.8. The Kier molecular flexibility index (Phi) is 2.86. The van der Waals surface area contributed by atoms with Crippen LogP contribution in [-0.4, -0.2) is 29.6 Å². The lowest BCUT2D eigenvalue weighted by Crippen LogP contribution is -2.24. The van der Waals surface area contributed by atoms with Gasteiger partial charge in [0.05, 0.1) is 0 Å². The number of rotatable bonds is 2. The Morgan fingerprint density at radius 2 is 2.07 bits per heavy atom. The molecule has 2 rings (SSSR count). The Morgan fingerprint density at radius 3 is 2.60 bits per heavy atom. The second-order valence-electron chi connectivity index (χ2n) is 4.29. The van der Waals surface area contributed by atoms with Gasteiger partial charge in [-0.05, 0) is 38.8 Å². The van der Waals surface area contributed by atoms with E-state index in [0.717, 1.165) is 43.4 Å². The van der Waals surface area contributed by atoms with E-state index in [2.05, 4.69) is 14.9 Å². The summed E-state index contributed by atoms with van der Waals surface area (Å²) in [7, 11) is 0. The van der Waals surface area contributed by atoms with Crippen molar-refractivity contribution >= 4 is 5.95 Å². The van der Waals surface area contributed by atoms with E-state index in [9.17, 15) is 0 Å². The molecule has 0 unspecified atom stereocenters. The molecule has 0 aromatic carbocycles. The topological polar surface area (TPSA) is 55.0 Å². The van der Waals surface area contributed by atoms with Crippen LogP contribution in [0.1, 0.15) is 17.8 Å². The molecule has 82 valence electrons. The predicted octanol–water partition coefficient (Wildman–Crippen LogP) is 0.878. The van der Waals surface area contributed by atoms with Crippen molar-refractivity contribution in [3.63, 3.8) is 0 Å². The van der Waals surface area contributed by atoms with Crippen LogP contribution in [0.3, 0.4) is 0 Å². The van der Waals surface area contributed by atoms with Gasteiger partial charge in [0.1, 0.15) is 0 Å². The van der Waals surface area contributed by atoms with E-state index in [0.29, 0.717) is 5.92 Å². The fourth-order valence-corrected chi connectivity index (χ4v) is 2.06. The van der Waals surface area contributed by atoms with E-state index >= 15 is 0 Å². The number of nitrogens with zero attached hydrogens (tertiary/aromatic N) is 3. The van der Waals surface area contributed by atoms with Crippen LogP contribution in [0, 0.1) is 19.8 Å². The normalized spacial score (nSPS) is 21.0. The third-order valence-corrected chi connectivity index (χ3v) is 2.87. The molecule has 1 aliphatic rings. The molecule has 0 bridgehead atoms. The number of anilines is 1. The lowest BCUT2D eigenvalue weighted by atomic mass is 10.1. The lowest BCUT2D eigenvalue weighted by molar-refractivity contribution is 0.601. The Labute approximate surface area is 90.5 Å². The van der Waals surface area contributed by atoms with Crippen LogP contribution in [-0.2, 0) is 0 Å². The number of hydrogen-bond donors (Lipinski definition) is 1. The number of aryl methyl sites for hydroxylation is 2. The maximum atomic E-state index is 5.67. The van der Waals surface area contributed by atoms with Gasteiger partial charge in [-0.25, -0.2) is 9.97 Å². The molecular weight excluding hydrogens is 188 g/mol. The average molecular weight is 206 g/mol. The van der Waals surface area contributed by atoms with Gasteiger partial charge in [-0.1, -0.05) is 0 Å². The number of hydrogen-bond acceptors (Lipinski definition) is 4. The summed E-state index contributed by atoms with van der Waals surface area (Å²) < 4.78 is 0. The molecule has 2 N–H and O–H groups in total. The first-order valence-electron chi connectivity index (χ1n) is 5.46. The summed E-state index contributed by atoms with van der Waals surface area (Å²) in [5, 5.41) is 0. The van der Waals surface area contributed by atoms with Gasteiger partial charge in [0.15, 0.2) is 0 Å². The molecule has 0 amide bonds. The highest BCUT2D eigenvalue weighted by molar-refractivity contribution is 5.33. The molecule has 1 aromatic heterocycles. The first-order chi connectivity index (χ1) is 7.19. The minimum atomic E-state index is 0.606. The van der Waals surface area contributed by atoms with Crippen molar-refractivity contribution in [3.05, 3.63) is 17.5 Å². The number of aromatic nitrogens is 2. The van der Waals surface area contributed by atoms with Gasteiger partial charge >= 0.3 is 0 Å². The standard InChI is InChI=1S/C11H18N4/c1-8-5-9(2)14-11(13-8)15-4-3-10(6-12)7-15/h5,10H,3-4,6-7,12H2,1-2H3/t10-/m1/s1. The first-order valence-corrected chi connectivity index (χ1v) is 5.46. The summed E-state index contributed by atoms with van der Waals surface area (Å²) in [6.45, 7) is 6.81. The minimum Gasteiger partial charge on any atom is -0.340 e. The molecule has 2 heterocycles. The van der Waals surface area contributed by atoms with Crippen molar-refractivity contribution in [1.82, 2.24) is 9.97 Å². The van der Waals surface area contributed by atoms with Crippen LogP contribution in [0.2, 0.25) is 0 Å². The average Bonchev–Trinajstić information content (AvgIpc) is 2.64. The van der Waals surface area contributed by atoms with Gasteiger partial charge in [0.2, 0.25) is 5.95 Å². The second kappa shape index (κ2) is 4.14. The quantitative estimate of drug-likeness (QED) is 0.780. The smallest absolute Gasteiger partial charge is 0.225 e. The monoisotopic (exact) mass is 206 g/mol. The van der Waals surface area contributed by atoms with E-state index in [-0.39, 0.29) is 0 Å². The van der Waals surface area contributed by atoms with Gasteiger partial charge in [0.25, 0.3) is 0 Å². The van der Waals surface area contributed by atoms with E-state index in [1.165, 1.54) is 0 Å². The molecule has 4 nitrogen and oxygen atoms in total. The van der Waals surface area contributed by atoms with Crippen molar-refractivity contribution in [3.8, 4) is 0 Å². The first kappa shape index (κ1) is 10.4. The zero-order valence-corrected chi connectivity index (χ0v) is 9.40. The van der Waals surface area contributed by atoms with Gasteiger partial charge in [-0.3, -0.25) is 0 Å². The second-order valence-corrected chi connectivity index (χ2v) is 4.29. The summed E-state index contributed by atoms with van der Waals surface area (Å²) in [5.74, 6) is 1.47. The zero-order valence-electron chi connectivity index (χ0n) is 9.40. The molecule has 0 radical (unpaired) electrons. The predicted molar refractivity (Wildman–Crippen MR) is 60.9 cm³/mol. The molecule has 1 fully saturated rings. The molecule has 15 heavy (non-hydrogen) atoms. The van der Waals surface area contributed by atoms with Gasteiger partial charge in [0, 0.05) is 24.5 Å². The molecule has 0 spiro atoms. The molecule has 1 saturated heterocycles. The van der Waals surface area contributed by atoms with Crippen molar-refractivity contribution in [2.24, 2.45) is 11.7 Å².